The van der Waals surface area contributed by atoms with Crippen molar-refractivity contribution < 1.29 is 30.7 Å². The summed E-state index contributed by atoms with van der Waals surface area (Å²) in [6, 6.07) is 5.14. The molecule has 0 radical (unpaired) electrons. The van der Waals surface area contributed by atoms with Crippen LogP contribution in [-0.4, -0.2) is 9.78 Å². The van der Waals surface area contributed by atoms with Crippen molar-refractivity contribution in [2.24, 2.45) is 7.05 Å². The van der Waals surface area contributed by atoms with Crippen molar-refractivity contribution in [1.82, 2.24) is 9.78 Å². The van der Waals surface area contributed by atoms with Gasteiger partial charge in [0.25, 0.3) is 0 Å². The highest BCUT2D eigenvalue weighted by Gasteiger charge is 2.35. The lowest BCUT2D eigenvalue weighted by atomic mass is 10.1. The van der Waals surface area contributed by atoms with E-state index in [1.165, 1.54) is 6.07 Å². The Hall–Kier alpha value is -3.04. The molecule has 148 valence electrons. The number of aromatic nitrogens is 2. The maximum Gasteiger partial charge on any atom is 0.435 e. The van der Waals surface area contributed by atoms with Gasteiger partial charge < -0.3 is 5.32 Å². The van der Waals surface area contributed by atoms with E-state index >= 15 is 0 Å². The van der Waals surface area contributed by atoms with Gasteiger partial charge >= 0.3 is 6.18 Å². The molecule has 3 rings (SSSR count). The Labute approximate surface area is 154 Å². The minimum Gasteiger partial charge on any atom is -0.381 e. The molecule has 1 N–H and O–H groups in total. The molecule has 0 unspecified atom stereocenters. The number of nitrogens with zero attached hydrogens (tertiary/aromatic N) is 2. The molecule has 3 nitrogen and oxygen atoms in total. The summed E-state index contributed by atoms with van der Waals surface area (Å²) >= 11 is 0. The van der Waals surface area contributed by atoms with E-state index in [0.717, 1.165) is 29.9 Å². The van der Waals surface area contributed by atoms with Crippen LogP contribution in [0.15, 0.2) is 36.4 Å². The second-order valence-corrected chi connectivity index (χ2v) is 5.94. The number of benzene rings is 2. The maximum atomic E-state index is 14.4. The Bertz CT molecular complexity index is 1000. The number of nitrogens with one attached hydrogen (secondary N) is 1. The fraction of sp³-hybridized carbons (Fsp3) is 0.167. The standard InChI is InChI=1S/C18H12F7N3/c1-28-15(7-16(27-28)18(23,24)25)17-13(21)5-11(6-14(17)22)26-8-9-2-3-10(19)4-12(9)20/h2-7,26H,8H2,1H3. The Morgan fingerprint density at radius 1 is 0.929 bits per heavy atom. The molecule has 0 fully saturated rings. The van der Waals surface area contributed by atoms with Crippen LogP contribution >= 0.6 is 0 Å². The number of rotatable bonds is 4. The average molecular weight is 403 g/mol. The number of anilines is 1. The highest BCUT2D eigenvalue weighted by molar-refractivity contribution is 5.65. The molecule has 0 aliphatic heterocycles. The minimum absolute atomic E-state index is 0.0627. The zero-order chi connectivity index (χ0) is 20.6. The van der Waals surface area contributed by atoms with Gasteiger partial charge in [0, 0.05) is 30.9 Å². The summed E-state index contributed by atoms with van der Waals surface area (Å²) in [5.41, 5.74) is -2.35. The van der Waals surface area contributed by atoms with Crippen LogP contribution in [-0.2, 0) is 19.8 Å². The van der Waals surface area contributed by atoms with E-state index in [-0.39, 0.29) is 17.8 Å². The second kappa shape index (κ2) is 7.17. The summed E-state index contributed by atoms with van der Waals surface area (Å²) in [4.78, 5) is 0. The molecule has 2 aromatic carbocycles. The van der Waals surface area contributed by atoms with Gasteiger partial charge in [0.05, 0.1) is 11.3 Å². The Balaban J connectivity index is 1.88. The first-order valence-corrected chi connectivity index (χ1v) is 7.84. The van der Waals surface area contributed by atoms with E-state index in [9.17, 15) is 30.7 Å². The van der Waals surface area contributed by atoms with Crippen molar-refractivity contribution in [3.8, 4) is 11.3 Å². The van der Waals surface area contributed by atoms with Gasteiger partial charge in [-0.15, -0.1) is 0 Å². The third-order valence-corrected chi connectivity index (χ3v) is 3.97. The highest BCUT2D eigenvalue weighted by Crippen LogP contribution is 2.34. The summed E-state index contributed by atoms with van der Waals surface area (Å²) in [5, 5.41) is 5.81. The van der Waals surface area contributed by atoms with Crippen LogP contribution in [0.2, 0.25) is 0 Å². The van der Waals surface area contributed by atoms with Gasteiger partial charge in [0.1, 0.15) is 23.3 Å². The van der Waals surface area contributed by atoms with Crippen molar-refractivity contribution in [2.75, 3.05) is 5.32 Å². The van der Waals surface area contributed by atoms with Gasteiger partial charge in [0.2, 0.25) is 0 Å². The Morgan fingerprint density at radius 2 is 1.57 bits per heavy atom. The SMILES string of the molecule is Cn1nc(C(F)(F)F)cc1-c1c(F)cc(NCc2ccc(F)cc2F)cc1F. The summed E-state index contributed by atoms with van der Waals surface area (Å²) in [5.74, 6) is -3.85. The normalized spacial score (nSPS) is 11.7. The van der Waals surface area contributed by atoms with Crippen LogP contribution in [0, 0.1) is 23.3 Å². The van der Waals surface area contributed by atoms with Crippen LogP contribution in [0.5, 0.6) is 0 Å². The number of hydrogen-bond donors (Lipinski definition) is 1. The van der Waals surface area contributed by atoms with Crippen LogP contribution in [0.1, 0.15) is 11.3 Å². The molecule has 0 spiro atoms. The van der Waals surface area contributed by atoms with E-state index in [2.05, 4.69) is 10.4 Å². The lowest BCUT2D eigenvalue weighted by molar-refractivity contribution is -0.141. The molecule has 0 saturated heterocycles. The highest BCUT2D eigenvalue weighted by atomic mass is 19.4. The minimum atomic E-state index is -4.76. The molecule has 0 saturated carbocycles. The van der Waals surface area contributed by atoms with Crippen molar-refractivity contribution in [3.05, 3.63) is 70.9 Å². The topological polar surface area (TPSA) is 29.9 Å². The van der Waals surface area contributed by atoms with E-state index in [4.69, 9.17) is 0 Å². The summed E-state index contributed by atoms with van der Waals surface area (Å²) < 4.78 is 94.3. The number of halogens is 7. The third kappa shape index (κ3) is 3.95. The van der Waals surface area contributed by atoms with E-state index < -0.39 is 46.4 Å². The maximum absolute atomic E-state index is 14.4. The predicted molar refractivity (Wildman–Crippen MR) is 87.2 cm³/mol. The first-order valence-electron chi connectivity index (χ1n) is 7.84. The van der Waals surface area contributed by atoms with Gasteiger partial charge in [-0.3, -0.25) is 4.68 Å². The van der Waals surface area contributed by atoms with Crippen molar-refractivity contribution in [3.63, 3.8) is 0 Å². The van der Waals surface area contributed by atoms with E-state index in [0.29, 0.717) is 12.1 Å². The summed E-state index contributed by atoms with van der Waals surface area (Å²) in [6.45, 7) is -0.186. The zero-order valence-corrected chi connectivity index (χ0v) is 14.2. The summed E-state index contributed by atoms with van der Waals surface area (Å²) in [6.07, 6.45) is -4.76. The number of aryl methyl sites for hydroxylation is 1. The van der Waals surface area contributed by atoms with Crippen molar-refractivity contribution >= 4 is 5.69 Å². The Morgan fingerprint density at radius 3 is 2.11 bits per heavy atom. The zero-order valence-electron chi connectivity index (χ0n) is 14.2. The molecule has 1 aromatic heterocycles. The second-order valence-electron chi connectivity index (χ2n) is 5.94. The van der Waals surface area contributed by atoms with Crippen molar-refractivity contribution in [1.29, 1.82) is 0 Å². The summed E-state index contributed by atoms with van der Waals surface area (Å²) in [7, 11) is 1.13. The molecule has 10 heteroatoms. The predicted octanol–water partition coefficient (Wildman–Crippen LogP) is 5.27. The lowest BCUT2D eigenvalue weighted by Gasteiger charge is -2.11. The van der Waals surface area contributed by atoms with Gasteiger partial charge in [-0.25, -0.2) is 17.6 Å². The molecule has 0 atom stereocenters. The van der Waals surface area contributed by atoms with Crippen LogP contribution in [0.4, 0.5) is 36.4 Å². The first kappa shape index (κ1) is 19.7. The lowest BCUT2D eigenvalue weighted by Crippen LogP contribution is -2.06. The fourth-order valence-corrected chi connectivity index (χ4v) is 2.62. The smallest absolute Gasteiger partial charge is 0.381 e. The van der Waals surface area contributed by atoms with Gasteiger partial charge in [0.15, 0.2) is 5.69 Å². The third-order valence-electron chi connectivity index (χ3n) is 3.97. The van der Waals surface area contributed by atoms with Crippen LogP contribution in [0.25, 0.3) is 11.3 Å². The number of alkyl halides is 3. The average Bonchev–Trinajstić information content (AvgIpc) is 2.95. The van der Waals surface area contributed by atoms with E-state index in [1.54, 1.807) is 0 Å². The van der Waals surface area contributed by atoms with Crippen molar-refractivity contribution in [2.45, 2.75) is 12.7 Å². The molecule has 3 aromatic rings. The van der Waals surface area contributed by atoms with E-state index in [1.807, 2.05) is 0 Å². The molecule has 0 amide bonds. The molecule has 0 aliphatic carbocycles. The Kier molecular flexibility index (Phi) is 5.05. The van der Waals surface area contributed by atoms with Crippen LogP contribution < -0.4 is 5.32 Å². The van der Waals surface area contributed by atoms with Gasteiger partial charge in [-0.05, 0) is 24.3 Å². The first-order chi connectivity index (χ1) is 13.1. The quantitative estimate of drug-likeness (QED) is 0.602. The molecular formula is C18H12F7N3. The van der Waals surface area contributed by atoms with Crippen LogP contribution in [0.3, 0.4) is 0 Å². The number of hydrogen-bond acceptors (Lipinski definition) is 2. The molecule has 0 bridgehead atoms. The van der Waals surface area contributed by atoms with Gasteiger partial charge in [-0.1, -0.05) is 6.07 Å². The molecule has 1 heterocycles. The largest absolute Gasteiger partial charge is 0.435 e. The molecular weight excluding hydrogens is 391 g/mol. The fourth-order valence-electron chi connectivity index (χ4n) is 2.62. The van der Waals surface area contributed by atoms with Gasteiger partial charge in [-0.2, -0.15) is 18.3 Å². The molecule has 0 aliphatic rings. The monoisotopic (exact) mass is 403 g/mol. The molecule has 28 heavy (non-hydrogen) atoms.